The highest BCUT2D eigenvalue weighted by Gasteiger charge is 2.40. The van der Waals surface area contributed by atoms with Crippen molar-refractivity contribution in [1.82, 2.24) is 4.90 Å². The van der Waals surface area contributed by atoms with Gasteiger partial charge in [0.2, 0.25) is 5.91 Å². The second-order valence-electron chi connectivity index (χ2n) is 5.76. The number of carbonyl (C=O) groups is 1. The van der Waals surface area contributed by atoms with Crippen molar-refractivity contribution in [3.8, 4) is 0 Å². The largest absolute Gasteiger partial charge is 0.411 e. The van der Waals surface area contributed by atoms with Crippen LogP contribution in [-0.4, -0.2) is 34.8 Å². The maximum Gasteiger partial charge on any atom is 0.228 e. The smallest absolute Gasteiger partial charge is 0.228 e. The number of nitrogens with zero attached hydrogens (tertiary/aromatic N) is 2. The van der Waals surface area contributed by atoms with Crippen LogP contribution in [0.2, 0.25) is 0 Å². The van der Waals surface area contributed by atoms with E-state index in [1.807, 2.05) is 11.8 Å². The van der Waals surface area contributed by atoms with Crippen LogP contribution in [0.25, 0.3) is 0 Å². The summed E-state index contributed by atoms with van der Waals surface area (Å²) in [6.07, 6.45) is 5.11. The number of hydrogen-bond donors (Lipinski definition) is 1. The van der Waals surface area contributed by atoms with Gasteiger partial charge in [-0.1, -0.05) is 31.8 Å². The molecule has 1 aliphatic carbocycles. The summed E-state index contributed by atoms with van der Waals surface area (Å²) in [5.74, 6) is 0.488. The lowest BCUT2D eigenvalue weighted by Crippen LogP contribution is -2.48. The molecule has 1 amide bonds. The van der Waals surface area contributed by atoms with E-state index >= 15 is 0 Å². The number of rotatable bonds is 1. The molecule has 17 heavy (non-hydrogen) atoms. The molecule has 0 spiro atoms. The molecule has 1 atom stereocenters. The van der Waals surface area contributed by atoms with E-state index in [1.54, 1.807) is 0 Å². The van der Waals surface area contributed by atoms with E-state index < -0.39 is 0 Å². The molecule has 1 saturated heterocycles. The van der Waals surface area contributed by atoms with Crippen LogP contribution in [0.5, 0.6) is 0 Å². The minimum atomic E-state index is -0.131. The molecule has 2 aliphatic rings. The molecule has 2 rings (SSSR count). The number of hydrogen-bond acceptors (Lipinski definition) is 3. The van der Waals surface area contributed by atoms with Crippen LogP contribution in [0.15, 0.2) is 5.16 Å². The first-order chi connectivity index (χ1) is 8.07. The average Bonchev–Trinajstić information content (AvgIpc) is 2.76. The number of amides is 1. The summed E-state index contributed by atoms with van der Waals surface area (Å²) in [6, 6.07) is 0. The molecule has 4 heteroatoms. The standard InChI is InChI=1S/C13H22N2O2/c1-10-9-15(8-5-11(10)14-17)12(16)13(2)6-3-4-7-13/h10,17H,3-9H2,1-2H3. The molecule has 1 aliphatic heterocycles. The molecule has 2 fully saturated rings. The summed E-state index contributed by atoms with van der Waals surface area (Å²) in [7, 11) is 0. The van der Waals surface area contributed by atoms with Crippen LogP contribution in [0.1, 0.15) is 46.0 Å². The molecule has 0 aromatic rings. The molecule has 4 nitrogen and oxygen atoms in total. The van der Waals surface area contributed by atoms with Gasteiger partial charge in [0, 0.05) is 30.8 Å². The number of carbonyl (C=O) groups excluding carboxylic acids is 1. The summed E-state index contributed by atoms with van der Waals surface area (Å²) < 4.78 is 0. The topological polar surface area (TPSA) is 52.9 Å². The maximum atomic E-state index is 12.5. The van der Waals surface area contributed by atoms with Gasteiger partial charge in [0.1, 0.15) is 0 Å². The summed E-state index contributed by atoms with van der Waals surface area (Å²) in [4.78, 5) is 14.4. The third-order valence-electron chi connectivity index (χ3n) is 4.34. The van der Waals surface area contributed by atoms with Crippen molar-refractivity contribution in [2.45, 2.75) is 46.0 Å². The highest BCUT2D eigenvalue weighted by Crippen LogP contribution is 2.39. The zero-order valence-electron chi connectivity index (χ0n) is 10.8. The second-order valence-corrected chi connectivity index (χ2v) is 5.76. The third kappa shape index (κ3) is 2.31. The van der Waals surface area contributed by atoms with Crippen LogP contribution in [0.3, 0.4) is 0 Å². The van der Waals surface area contributed by atoms with Crippen LogP contribution in [0, 0.1) is 11.3 Å². The van der Waals surface area contributed by atoms with Gasteiger partial charge in [-0.2, -0.15) is 0 Å². The third-order valence-corrected chi connectivity index (χ3v) is 4.34. The van der Waals surface area contributed by atoms with Crippen LogP contribution >= 0.6 is 0 Å². The fourth-order valence-electron chi connectivity index (χ4n) is 3.11. The molecule has 1 unspecified atom stereocenters. The van der Waals surface area contributed by atoms with Gasteiger partial charge < -0.3 is 10.1 Å². The van der Waals surface area contributed by atoms with E-state index in [2.05, 4.69) is 12.1 Å². The van der Waals surface area contributed by atoms with E-state index in [4.69, 9.17) is 5.21 Å². The van der Waals surface area contributed by atoms with Crippen molar-refractivity contribution < 1.29 is 10.0 Å². The SMILES string of the molecule is CC1CN(C(=O)C2(C)CCCC2)CCC1=NO. The molecule has 0 aromatic carbocycles. The highest BCUT2D eigenvalue weighted by molar-refractivity contribution is 5.90. The number of piperidine rings is 1. The summed E-state index contributed by atoms with van der Waals surface area (Å²) in [5, 5.41) is 12.1. The fourth-order valence-corrected chi connectivity index (χ4v) is 3.11. The van der Waals surface area contributed by atoms with E-state index in [9.17, 15) is 4.79 Å². The summed E-state index contributed by atoms with van der Waals surface area (Å²) in [6.45, 7) is 5.53. The first-order valence-electron chi connectivity index (χ1n) is 6.57. The first-order valence-corrected chi connectivity index (χ1v) is 6.57. The Morgan fingerprint density at radius 3 is 2.65 bits per heavy atom. The molecule has 0 aromatic heterocycles. The fraction of sp³-hybridized carbons (Fsp3) is 0.846. The van der Waals surface area contributed by atoms with Crippen molar-refractivity contribution in [3.05, 3.63) is 0 Å². The van der Waals surface area contributed by atoms with Gasteiger partial charge in [-0.05, 0) is 12.8 Å². The molecular weight excluding hydrogens is 216 g/mol. The zero-order chi connectivity index (χ0) is 12.5. The predicted molar refractivity (Wildman–Crippen MR) is 66.2 cm³/mol. The van der Waals surface area contributed by atoms with E-state index in [0.29, 0.717) is 25.4 Å². The monoisotopic (exact) mass is 238 g/mol. The lowest BCUT2D eigenvalue weighted by atomic mass is 9.85. The van der Waals surface area contributed by atoms with Crippen molar-refractivity contribution in [3.63, 3.8) is 0 Å². The van der Waals surface area contributed by atoms with Crippen molar-refractivity contribution in [2.75, 3.05) is 13.1 Å². The molecule has 1 N–H and O–H groups in total. The van der Waals surface area contributed by atoms with Gasteiger partial charge in [0.05, 0.1) is 5.71 Å². The lowest BCUT2D eigenvalue weighted by Gasteiger charge is -2.36. The Balaban J connectivity index is 2.02. The number of likely N-dealkylation sites (tertiary alicyclic amines) is 1. The van der Waals surface area contributed by atoms with Crippen LogP contribution in [0.4, 0.5) is 0 Å². The Morgan fingerprint density at radius 2 is 2.12 bits per heavy atom. The minimum Gasteiger partial charge on any atom is -0.411 e. The van der Waals surface area contributed by atoms with Crippen LogP contribution in [-0.2, 0) is 4.79 Å². The molecule has 0 bridgehead atoms. The quantitative estimate of drug-likeness (QED) is 0.563. The molecule has 96 valence electrons. The Bertz CT molecular complexity index is 332. The van der Waals surface area contributed by atoms with Crippen molar-refractivity contribution in [2.24, 2.45) is 16.5 Å². The van der Waals surface area contributed by atoms with Crippen molar-refractivity contribution in [1.29, 1.82) is 0 Å². The van der Waals surface area contributed by atoms with E-state index in [0.717, 1.165) is 18.6 Å². The van der Waals surface area contributed by atoms with Gasteiger partial charge in [0.25, 0.3) is 0 Å². The molecule has 1 saturated carbocycles. The minimum absolute atomic E-state index is 0.131. The van der Waals surface area contributed by atoms with Gasteiger partial charge in [-0.15, -0.1) is 0 Å². The Morgan fingerprint density at radius 1 is 1.47 bits per heavy atom. The molecule has 1 heterocycles. The Kier molecular flexibility index (Phi) is 3.40. The summed E-state index contributed by atoms with van der Waals surface area (Å²) in [5.41, 5.74) is 0.693. The molecular formula is C13H22N2O2. The van der Waals surface area contributed by atoms with E-state index in [-0.39, 0.29) is 11.3 Å². The zero-order valence-corrected chi connectivity index (χ0v) is 10.8. The second kappa shape index (κ2) is 4.67. The highest BCUT2D eigenvalue weighted by atomic mass is 16.4. The number of oxime groups is 1. The van der Waals surface area contributed by atoms with Gasteiger partial charge in [-0.3, -0.25) is 4.79 Å². The average molecular weight is 238 g/mol. The Hall–Kier alpha value is -1.06. The maximum absolute atomic E-state index is 12.5. The van der Waals surface area contributed by atoms with Gasteiger partial charge in [-0.25, -0.2) is 0 Å². The lowest BCUT2D eigenvalue weighted by molar-refractivity contribution is -0.141. The van der Waals surface area contributed by atoms with E-state index in [1.165, 1.54) is 12.8 Å². The summed E-state index contributed by atoms with van der Waals surface area (Å²) >= 11 is 0. The predicted octanol–water partition coefficient (Wildman–Crippen LogP) is 2.27. The van der Waals surface area contributed by atoms with Crippen LogP contribution < -0.4 is 0 Å². The van der Waals surface area contributed by atoms with Crippen molar-refractivity contribution >= 4 is 11.6 Å². The first kappa shape index (κ1) is 12.4. The van der Waals surface area contributed by atoms with Gasteiger partial charge >= 0.3 is 0 Å². The normalized spacial score (nSPS) is 30.8. The van der Waals surface area contributed by atoms with Gasteiger partial charge in [0.15, 0.2) is 0 Å². The molecule has 0 radical (unpaired) electrons. The Labute approximate surface area is 103 Å².